The molecule has 22 heavy (non-hydrogen) atoms. The molecule has 3 nitrogen and oxygen atoms in total. The van der Waals surface area contributed by atoms with E-state index in [1.54, 1.807) is 11.3 Å². The molecule has 2 N–H and O–H groups in total. The second-order valence-electron chi connectivity index (χ2n) is 5.26. The number of thiophene rings is 1. The molecule has 0 unspecified atom stereocenters. The molecule has 0 spiro atoms. The third kappa shape index (κ3) is 3.30. The summed E-state index contributed by atoms with van der Waals surface area (Å²) in [4.78, 5) is 1.04. The summed E-state index contributed by atoms with van der Waals surface area (Å²) in [5.74, 6) is 0. The van der Waals surface area contributed by atoms with Crippen molar-refractivity contribution in [1.82, 2.24) is 0 Å². The van der Waals surface area contributed by atoms with Gasteiger partial charge in [0.15, 0.2) is 0 Å². The Morgan fingerprint density at radius 2 is 2.00 bits per heavy atom. The number of anilines is 1. The van der Waals surface area contributed by atoms with E-state index in [2.05, 4.69) is 19.1 Å². The van der Waals surface area contributed by atoms with Gasteiger partial charge in [0.25, 0.3) is 0 Å². The molecular weight excluding hydrogens is 290 g/mol. The van der Waals surface area contributed by atoms with Gasteiger partial charge in [-0.1, -0.05) is 32.3 Å². The van der Waals surface area contributed by atoms with Crippen LogP contribution < -0.4 is 5.73 Å². The monoisotopic (exact) mass is 309 g/mol. The highest BCUT2D eigenvalue weighted by Gasteiger charge is 2.18. The van der Waals surface area contributed by atoms with Crippen molar-refractivity contribution in [2.75, 3.05) is 5.73 Å². The maximum atomic E-state index is 9.52. The Bertz CT molecular complexity index is 718. The third-order valence-electron chi connectivity index (χ3n) is 3.75. The van der Waals surface area contributed by atoms with Crippen LogP contribution in [0.2, 0.25) is 0 Å². The van der Waals surface area contributed by atoms with Crippen LogP contribution in [-0.2, 0) is 6.42 Å². The summed E-state index contributed by atoms with van der Waals surface area (Å²) in [6, 6.07) is 10.1. The smallest absolute Gasteiger partial charge is 0.102 e. The first-order chi connectivity index (χ1) is 10.7. The molecule has 1 heterocycles. The topological polar surface area (TPSA) is 73.6 Å². The fourth-order valence-corrected chi connectivity index (χ4v) is 3.42. The summed E-state index contributed by atoms with van der Waals surface area (Å²) >= 11 is 1.60. The summed E-state index contributed by atoms with van der Waals surface area (Å²) in [6.45, 7) is 2.18. The Balaban J connectivity index is 2.50. The summed E-state index contributed by atoms with van der Waals surface area (Å²) in [7, 11) is 0. The lowest BCUT2D eigenvalue weighted by Crippen LogP contribution is -2.02. The van der Waals surface area contributed by atoms with E-state index in [1.165, 1.54) is 12.8 Å². The zero-order valence-corrected chi connectivity index (χ0v) is 13.5. The minimum absolute atomic E-state index is 0.297. The molecule has 112 valence electrons. The zero-order chi connectivity index (χ0) is 15.9. The molecule has 0 saturated heterocycles. The molecule has 0 aliphatic carbocycles. The van der Waals surface area contributed by atoms with Crippen LogP contribution in [0, 0.1) is 22.7 Å². The normalized spacial score (nSPS) is 10.1. The molecule has 2 rings (SSSR count). The number of hydrogen-bond donors (Lipinski definition) is 1. The van der Waals surface area contributed by atoms with E-state index < -0.39 is 0 Å². The van der Waals surface area contributed by atoms with E-state index >= 15 is 0 Å². The Labute approximate surface area is 135 Å². The van der Waals surface area contributed by atoms with Crippen molar-refractivity contribution >= 4 is 17.0 Å². The zero-order valence-electron chi connectivity index (χ0n) is 12.7. The van der Waals surface area contributed by atoms with Gasteiger partial charge in [0, 0.05) is 10.4 Å². The first kappa shape index (κ1) is 16.1. The number of nitrogen functional groups attached to an aromatic ring is 1. The number of nitrogens with two attached hydrogens (primary N) is 1. The summed E-state index contributed by atoms with van der Waals surface area (Å²) in [5.41, 5.74) is 9.12. The molecule has 1 aromatic heterocycles. The van der Waals surface area contributed by atoms with Gasteiger partial charge in [0.1, 0.15) is 12.1 Å². The SMILES string of the molecule is CCCCCCc1cc(C#N)c(N)c(C#N)c1-c1cccs1. The number of rotatable bonds is 6. The van der Waals surface area contributed by atoms with Crippen molar-refractivity contribution in [3.05, 3.63) is 40.3 Å². The first-order valence-electron chi connectivity index (χ1n) is 7.52. The molecule has 0 aliphatic heterocycles. The molecule has 4 heteroatoms. The van der Waals surface area contributed by atoms with Crippen LogP contribution in [0.15, 0.2) is 23.6 Å². The summed E-state index contributed by atoms with van der Waals surface area (Å²) in [6.07, 6.45) is 5.49. The van der Waals surface area contributed by atoms with Crippen molar-refractivity contribution in [3.63, 3.8) is 0 Å². The minimum atomic E-state index is 0.297. The number of aryl methyl sites for hydroxylation is 1. The highest BCUT2D eigenvalue weighted by molar-refractivity contribution is 7.13. The van der Waals surface area contributed by atoms with Gasteiger partial charge in [-0.15, -0.1) is 11.3 Å². The number of unbranched alkanes of at least 4 members (excludes halogenated alkanes) is 3. The van der Waals surface area contributed by atoms with Gasteiger partial charge in [-0.05, 0) is 35.9 Å². The van der Waals surface area contributed by atoms with Gasteiger partial charge in [-0.2, -0.15) is 10.5 Å². The van der Waals surface area contributed by atoms with Crippen molar-refractivity contribution in [3.8, 4) is 22.6 Å². The number of benzene rings is 1. The van der Waals surface area contributed by atoms with Gasteiger partial charge >= 0.3 is 0 Å². The van der Waals surface area contributed by atoms with Crippen molar-refractivity contribution in [1.29, 1.82) is 10.5 Å². The standard InChI is InChI=1S/C18H19N3S/c1-2-3-4-5-7-13-10-14(11-19)18(21)15(12-20)17(13)16-8-6-9-22-16/h6,8-10H,2-5,7,21H2,1H3. The second kappa shape index (κ2) is 7.64. The van der Waals surface area contributed by atoms with E-state index in [-0.39, 0.29) is 0 Å². The average molecular weight is 309 g/mol. The lowest BCUT2D eigenvalue weighted by atomic mass is 9.92. The van der Waals surface area contributed by atoms with Gasteiger partial charge < -0.3 is 5.73 Å². The molecule has 0 fully saturated rings. The predicted octanol–water partition coefficient (Wildman–Crippen LogP) is 4.86. The minimum Gasteiger partial charge on any atom is -0.397 e. The highest BCUT2D eigenvalue weighted by Crippen LogP contribution is 2.36. The highest BCUT2D eigenvalue weighted by atomic mass is 32.1. The van der Waals surface area contributed by atoms with Gasteiger partial charge in [0.05, 0.1) is 16.8 Å². The molecule has 0 bridgehead atoms. The molecule has 0 atom stereocenters. The fraction of sp³-hybridized carbons (Fsp3) is 0.333. The van der Waals surface area contributed by atoms with E-state index in [0.717, 1.165) is 35.3 Å². The third-order valence-corrected chi connectivity index (χ3v) is 4.64. The molecule has 2 aromatic rings. The van der Waals surface area contributed by atoms with E-state index in [4.69, 9.17) is 5.73 Å². The van der Waals surface area contributed by atoms with Crippen LogP contribution in [0.1, 0.15) is 49.3 Å². The lowest BCUT2D eigenvalue weighted by molar-refractivity contribution is 0.667. The van der Waals surface area contributed by atoms with Crippen molar-refractivity contribution in [2.24, 2.45) is 0 Å². The van der Waals surface area contributed by atoms with Crippen molar-refractivity contribution < 1.29 is 0 Å². The quantitative estimate of drug-likeness (QED) is 0.611. The summed E-state index contributed by atoms with van der Waals surface area (Å²) in [5, 5.41) is 20.8. The van der Waals surface area contributed by atoms with Gasteiger partial charge in [-0.3, -0.25) is 0 Å². The van der Waals surface area contributed by atoms with Crippen LogP contribution in [0.25, 0.3) is 10.4 Å². The van der Waals surface area contributed by atoms with Gasteiger partial charge in [0.2, 0.25) is 0 Å². The number of nitrogens with zero attached hydrogens (tertiary/aromatic N) is 2. The van der Waals surface area contributed by atoms with Crippen LogP contribution >= 0.6 is 11.3 Å². The second-order valence-corrected chi connectivity index (χ2v) is 6.21. The lowest BCUT2D eigenvalue weighted by Gasteiger charge is -2.13. The molecule has 0 radical (unpaired) electrons. The maximum Gasteiger partial charge on any atom is 0.102 e. The Kier molecular flexibility index (Phi) is 5.58. The van der Waals surface area contributed by atoms with Crippen molar-refractivity contribution in [2.45, 2.75) is 39.0 Å². The predicted molar refractivity (Wildman–Crippen MR) is 91.4 cm³/mol. The molecule has 1 aromatic carbocycles. The number of nitriles is 2. The Hall–Kier alpha value is -2.30. The van der Waals surface area contributed by atoms with Crippen LogP contribution in [0.3, 0.4) is 0 Å². The van der Waals surface area contributed by atoms with Crippen LogP contribution in [0.5, 0.6) is 0 Å². The van der Waals surface area contributed by atoms with E-state index in [1.807, 2.05) is 23.6 Å². The van der Waals surface area contributed by atoms with Crippen LogP contribution in [0.4, 0.5) is 5.69 Å². The molecule has 0 saturated carbocycles. The molecular formula is C18H19N3S. The maximum absolute atomic E-state index is 9.52. The van der Waals surface area contributed by atoms with E-state index in [0.29, 0.717) is 16.8 Å². The van der Waals surface area contributed by atoms with E-state index in [9.17, 15) is 10.5 Å². The first-order valence-corrected chi connectivity index (χ1v) is 8.40. The molecule has 0 amide bonds. The fourth-order valence-electron chi connectivity index (χ4n) is 2.60. The molecule has 0 aliphatic rings. The largest absolute Gasteiger partial charge is 0.397 e. The Morgan fingerprint density at radius 3 is 2.59 bits per heavy atom. The van der Waals surface area contributed by atoms with Gasteiger partial charge in [-0.25, -0.2) is 0 Å². The average Bonchev–Trinajstić information content (AvgIpc) is 3.06. The summed E-state index contributed by atoms with van der Waals surface area (Å²) < 4.78 is 0. The van der Waals surface area contributed by atoms with Crippen LogP contribution in [-0.4, -0.2) is 0 Å². The number of hydrogen-bond acceptors (Lipinski definition) is 4. The Morgan fingerprint density at radius 1 is 1.18 bits per heavy atom.